The van der Waals surface area contributed by atoms with E-state index in [0.29, 0.717) is 5.76 Å². The lowest BCUT2D eigenvalue weighted by atomic mass is 10.2. The highest BCUT2D eigenvalue weighted by molar-refractivity contribution is 9.10. The highest BCUT2D eigenvalue weighted by Crippen LogP contribution is 2.56. The van der Waals surface area contributed by atoms with Crippen LogP contribution >= 0.6 is 27.7 Å². The third-order valence-electron chi connectivity index (χ3n) is 2.54. The minimum absolute atomic E-state index is 0.0143. The zero-order valence-electron chi connectivity index (χ0n) is 7.29. The Bertz CT molecular complexity index is 306. The summed E-state index contributed by atoms with van der Waals surface area (Å²) in [4.78, 5) is 0. The fourth-order valence-electron chi connectivity index (χ4n) is 1.45. The Morgan fingerprint density at radius 3 is 2.77 bits per heavy atom. The topological polar surface area (TPSA) is 33.4 Å². The van der Waals surface area contributed by atoms with Crippen LogP contribution in [0.25, 0.3) is 0 Å². The Balaban J connectivity index is 2.22. The molecule has 0 bridgehead atoms. The Kier molecular flexibility index (Phi) is 2.47. The standard InChI is InChI=1S/C9H11BrO2S/c1-13-9(3-4-9)8(11)7-6(10)2-5-12-7/h2,5,8,11H,3-4H2,1H3. The molecular weight excluding hydrogens is 252 g/mol. The summed E-state index contributed by atoms with van der Waals surface area (Å²) in [6.45, 7) is 0. The van der Waals surface area contributed by atoms with Gasteiger partial charge in [-0.2, -0.15) is 11.8 Å². The van der Waals surface area contributed by atoms with Gasteiger partial charge in [0.1, 0.15) is 11.9 Å². The third-order valence-corrected chi connectivity index (χ3v) is 4.64. The van der Waals surface area contributed by atoms with E-state index in [1.54, 1.807) is 18.0 Å². The normalized spacial score (nSPS) is 21.5. The van der Waals surface area contributed by atoms with Gasteiger partial charge in [-0.1, -0.05) is 0 Å². The number of hydrogen-bond donors (Lipinski definition) is 1. The Morgan fingerprint density at radius 1 is 1.69 bits per heavy atom. The minimum atomic E-state index is -0.480. The first-order valence-electron chi connectivity index (χ1n) is 4.16. The lowest BCUT2D eigenvalue weighted by molar-refractivity contribution is 0.139. The van der Waals surface area contributed by atoms with Gasteiger partial charge >= 0.3 is 0 Å². The average molecular weight is 263 g/mol. The summed E-state index contributed by atoms with van der Waals surface area (Å²) in [6.07, 6.45) is 5.30. The summed E-state index contributed by atoms with van der Waals surface area (Å²) < 4.78 is 6.12. The average Bonchev–Trinajstić information content (AvgIpc) is 2.83. The molecule has 1 aromatic rings. The second kappa shape index (κ2) is 3.33. The zero-order valence-corrected chi connectivity index (χ0v) is 9.69. The largest absolute Gasteiger partial charge is 0.465 e. The quantitative estimate of drug-likeness (QED) is 0.910. The number of hydrogen-bond acceptors (Lipinski definition) is 3. The number of thioether (sulfide) groups is 1. The van der Waals surface area contributed by atoms with Gasteiger partial charge in [0.05, 0.1) is 10.7 Å². The van der Waals surface area contributed by atoms with Crippen LogP contribution in [0.15, 0.2) is 21.2 Å². The van der Waals surface area contributed by atoms with Crippen LogP contribution in [-0.2, 0) is 0 Å². The van der Waals surface area contributed by atoms with Crippen LogP contribution in [0.2, 0.25) is 0 Å². The number of aliphatic hydroxyl groups excluding tert-OH is 1. The van der Waals surface area contributed by atoms with Crippen LogP contribution in [0, 0.1) is 0 Å². The molecule has 1 fully saturated rings. The molecule has 4 heteroatoms. The maximum Gasteiger partial charge on any atom is 0.147 e. The van der Waals surface area contributed by atoms with E-state index in [4.69, 9.17) is 4.42 Å². The number of halogens is 1. The van der Waals surface area contributed by atoms with Gasteiger partial charge in [-0.05, 0) is 41.1 Å². The molecule has 0 aromatic carbocycles. The summed E-state index contributed by atoms with van der Waals surface area (Å²) in [6, 6.07) is 1.81. The molecule has 1 aromatic heterocycles. The van der Waals surface area contributed by atoms with Crippen LogP contribution in [-0.4, -0.2) is 16.1 Å². The molecule has 13 heavy (non-hydrogen) atoms. The first kappa shape index (κ1) is 9.62. The van der Waals surface area contributed by atoms with Gasteiger partial charge in [0.25, 0.3) is 0 Å². The molecule has 1 atom stereocenters. The fraction of sp³-hybridized carbons (Fsp3) is 0.556. The van der Waals surface area contributed by atoms with Gasteiger partial charge in [0.15, 0.2) is 0 Å². The van der Waals surface area contributed by atoms with Crippen LogP contribution in [0.3, 0.4) is 0 Å². The van der Waals surface area contributed by atoms with Crippen molar-refractivity contribution in [2.75, 3.05) is 6.26 Å². The van der Waals surface area contributed by atoms with Gasteiger partial charge < -0.3 is 9.52 Å². The van der Waals surface area contributed by atoms with Crippen molar-refractivity contribution in [3.63, 3.8) is 0 Å². The van der Waals surface area contributed by atoms with E-state index in [1.807, 2.05) is 12.3 Å². The molecule has 0 radical (unpaired) electrons. The minimum Gasteiger partial charge on any atom is -0.465 e. The van der Waals surface area contributed by atoms with Crippen molar-refractivity contribution in [1.29, 1.82) is 0 Å². The SMILES string of the molecule is CSC1(C(O)c2occc2Br)CC1. The van der Waals surface area contributed by atoms with Crippen LogP contribution in [0.1, 0.15) is 24.7 Å². The van der Waals surface area contributed by atoms with E-state index < -0.39 is 6.10 Å². The molecule has 2 rings (SSSR count). The molecule has 72 valence electrons. The second-order valence-electron chi connectivity index (χ2n) is 3.30. The number of rotatable bonds is 3. The third kappa shape index (κ3) is 1.55. The van der Waals surface area contributed by atoms with E-state index >= 15 is 0 Å². The predicted molar refractivity (Wildman–Crippen MR) is 56.8 cm³/mol. The monoisotopic (exact) mass is 262 g/mol. The Labute approximate surface area is 89.8 Å². The molecule has 0 spiro atoms. The molecule has 1 aliphatic carbocycles. The molecular formula is C9H11BrO2S. The fourth-order valence-corrected chi connectivity index (χ4v) is 2.71. The molecule has 0 aliphatic heterocycles. The van der Waals surface area contributed by atoms with Crippen molar-refractivity contribution in [3.8, 4) is 0 Å². The highest BCUT2D eigenvalue weighted by atomic mass is 79.9. The van der Waals surface area contributed by atoms with Crippen molar-refractivity contribution in [2.45, 2.75) is 23.7 Å². The number of aliphatic hydroxyl groups is 1. The molecule has 1 heterocycles. The summed E-state index contributed by atoms with van der Waals surface area (Å²) >= 11 is 5.08. The maximum absolute atomic E-state index is 10.0. The molecule has 0 amide bonds. The van der Waals surface area contributed by atoms with Gasteiger partial charge in [-0.15, -0.1) is 0 Å². The summed E-state index contributed by atoms with van der Waals surface area (Å²) in [7, 11) is 0. The van der Waals surface area contributed by atoms with Crippen molar-refractivity contribution in [1.82, 2.24) is 0 Å². The van der Waals surface area contributed by atoms with Crippen LogP contribution in [0.4, 0.5) is 0 Å². The lowest BCUT2D eigenvalue weighted by Gasteiger charge is -2.18. The maximum atomic E-state index is 10.0. The summed E-state index contributed by atoms with van der Waals surface area (Å²) in [5.41, 5.74) is 0. The molecule has 2 nitrogen and oxygen atoms in total. The summed E-state index contributed by atoms with van der Waals surface area (Å²) in [5, 5.41) is 10.0. The highest BCUT2D eigenvalue weighted by Gasteiger charge is 2.50. The van der Waals surface area contributed by atoms with Crippen molar-refractivity contribution >= 4 is 27.7 Å². The van der Waals surface area contributed by atoms with Crippen LogP contribution in [0.5, 0.6) is 0 Å². The van der Waals surface area contributed by atoms with Crippen molar-refractivity contribution in [2.24, 2.45) is 0 Å². The molecule has 1 aliphatic rings. The Hall–Kier alpha value is 0.0700. The molecule has 1 unspecified atom stereocenters. The van der Waals surface area contributed by atoms with Gasteiger partial charge in [0, 0.05) is 4.75 Å². The molecule has 0 saturated heterocycles. The van der Waals surface area contributed by atoms with Crippen LogP contribution < -0.4 is 0 Å². The van der Waals surface area contributed by atoms with E-state index in [1.165, 1.54) is 0 Å². The first-order valence-corrected chi connectivity index (χ1v) is 6.17. The second-order valence-corrected chi connectivity index (χ2v) is 5.38. The molecule has 1 saturated carbocycles. The van der Waals surface area contributed by atoms with Gasteiger partial charge in [-0.25, -0.2) is 0 Å². The number of furan rings is 1. The van der Waals surface area contributed by atoms with Crippen molar-refractivity contribution < 1.29 is 9.52 Å². The Morgan fingerprint density at radius 2 is 2.38 bits per heavy atom. The van der Waals surface area contributed by atoms with E-state index in [2.05, 4.69) is 15.9 Å². The molecule has 1 N–H and O–H groups in total. The smallest absolute Gasteiger partial charge is 0.147 e. The lowest BCUT2D eigenvalue weighted by Crippen LogP contribution is -2.15. The first-order chi connectivity index (χ1) is 6.19. The van der Waals surface area contributed by atoms with Gasteiger partial charge in [-0.3, -0.25) is 0 Å². The van der Waals surface area contributed by atoms with Gasteiger partial charge in [0.2, 0.25) is 0 Å². The van der Waals surface area contributed by atoms with Crippen molar-refractivity contribution in [3.05, 3.63) is 22.6 Å². The summed E-state index contributed by atoms with van der Waals surface area (Å²) in [5.74, 6) is 0.659. The predicted octanol–water partition coefficient (Wildman–Crippen LogP) is 2.97. The zero-order chi connectivity index (χ0) is 9.47. The van der Waals surface area contributed by atoms with E-state index in [-0.39, 0.29) is 4.75 Å². The van der Waals surface area contributed by atoms with E-state index in [0.717, 1.165) is 17.3 Å². The van der Waals surface area contributed by atoms with E-state index in [9.17, 15) is 5.11 Å².